The number of rotatable bonds is 8. The average Bonchev–Trinajstić information content (AvgIpc) is 2.82. The molecular formula is C26H19IN2O3. The van der Waals surface area contributed by atoms with Gasteiger partial charge in [0.1, 0.15) is 36.4 Å². The van der Waals surface area contributed by atoms with E-state index >= 15 is 0 Å². The van der Waals surface area contributed by atoms with Crippen molar-refractivity contribution in [1.82, 2.24) is 0 Å². The second-order valence-corrected chi connectivity index (χ2v) is 7.77. The lowest BCUT2D eigenvalue weighted by molar-refractivity contribution is -0.112. The van der Waals surface area contributed by atoms with Gasteiger partial charge in [0, 0.05) is 5.69 Å². The molecule has 0 unspecified atom stereocenters. The second-order valence-electron chi connectivity index (χ2n) is 6.61. The Morgan fingerprint density at radius 3 is 2.47 bits per heavy atom. The van der Waals surface area contributed by atoms with Crippen LogP contribution in [0.4, 0.5) is 5.69 Å². The summed E-state index contributed by atoms with van der Waals surface area (Å²) in [5, 5.41) is 12.2. The maximum Gasteiger partial charge on any atom is 0.266 e. The Balaban J connectivity index is 1.62. The van der Waals surface area contributed by atoms with Crippen LogP contribution in [0.15, 0.2) is 78.4 Å². The number of anilines is 1. The first kappa shape index (κ1) is 22.9. The average molecular weight is 534 g/mol. The lowest BCUT2D eigenvalue weighted by Gasteiger charge is -2.09. The van der Waals surface area contributed by atoms with Crippen LogP contribution in [0.3, 0.4) is 0 Å². The third-order valence-electron chi connectivity index (χ3n) is 4.30. The fourth-order valence-corrected chi connectivity index (χ4v) is 3.43. The lowest BCUT2D eigenvalue weighted by atomic mass is 10.1. The van der Waals surface area contributed by atoms with Crippen molar-refractivity contribution in [3.8, 4) is 29.9 Å². The van der Waals surface area contributed by atoms with Gasteiger partial charge in [0.2, 0.25) is 0 Å². The maximum absolute atomic E-state index is 12.6. The molecule has 1 N–H and O–H groups in total. The molecule has 6 heteroatoms. The summed E-state index contributed by atoms with van der Waals surface area (Å²) in [6, 6.07) is 24.1. The van der Waals surface area contributed by atoms with Crippen molar-refractivity contribution in [3.63, 3.8) is 0 Å². The summed E-state index contributed by atoms with van der Waals surface area (Å²) in [6.07, 6.45) is 6.74. The zero-order chi connectivity index (χ0) is 22.8. The first-order chi connectivity index (χ1) is 15.6. The number of carbonyl (C=O) groups is 1. The van der Waals surface area contributed by atoms with Crippen molar-refractivity contribution in [2.24, 2.45) is 0 Å². The van der Waals surface area contributed by atoms with Crippen LogP contribution < -0.4 is 14.8 Å². The Bertz CT molecular complexity index is 1190. The highest BCUT2D eigenvalue weighted by molar-refractivity contribution is 14.1. The third kappa shape index (κ3) is 6.63. The number of nitrogens with zero attached hydrogens (tertiary/aromatic N) is 1. The zero-order valence-electron chi connectivity index (χ0n) is 17.0. The molecule has 3 aromatic carbocycles. The number of ether oxygens (including phenoxy) is 2. The molecule has 0 bridgehead atoms. The predicted molar refractivity (Wildman–Crippen MR) is 133 cm³/mol. The number of benzene rings is 3. The number of amides is 1. The second kappa shape index (κ2) is 11.6. The van der Waals surface area contributed by atoms with Gasteiger partial charge in [-0.2, -0.15) is 5.26 Å². The molecule has 0 aliphatic heterocycles. The fraction of sp³-hybridized carbons (Fsp3) is 0.0769. The highest BCUT2D eigenvalue weighted by atomic mass is 127. The van der Waals surface area contributed by atoms with Crippen molar-refractivity contribution in [3.05, 3.63) is 93.1 Å². The van der Waals surface area contributed by atoms with Crippen molar-refractivity contribution in [2.75, 3.05) is 11.9 Å². The summed E-state index contributed by atoms with van der Waals surface area (Å²) >= 11 is 2.12. The number of nitrogens with one attached hydrogen (secondary N) is 1. The normalized spacial score (nSPS) is 10.5. The summed E-state index contributed by atoms with van der Waals surface area (Å²) in [5.74, 6) is 3.26. The van der Waals surface area contributed by atoms with E-state index in [1.165, 1.54) is 6.08 Å². The summed E-state index contributed by atoms with van der Waals surface area (Å²) in [6.45, 7) is 0.631. The molecule has 3 aromatic rings. The van der Waals surface area contributed by atoms with E-state index in [1.54, 1.807) is 36.4 Å². The SMILES string of the molecule is C#CCOc1ccc(/C=C(\C#N)C(=O)Nc2ccc(OCc3ccccc3)cc2)cc1I. The Morgan fingerprint density at radius 2 is 1.81 bits per heavy atom. The van der Waals surface area contributed by atoms with E-state index in [2.05, 4.69) is 33.8 Å². The van der Waals surface area contributed by atoms with E-state index in [-0.39, 0.29) is 12.2 Å². The monoisotopic (exact) mass is 534 g/mol. The molecule has 0 spiro atoms. The number of hydrogen-bond acceptors (Lipinski definition) is 4. The van der Waals surface area contributed by atoms with Gasteiger partial charge < -0.3 is 14.8 Å². The van der Waals surface area contributed by atoms with E-state index in [0.29, 0.717) is 29.4 Å². The highest BCUT2D eigenvalue weighted by Gasteiger charge is 2.11. The minimum absolute atomic E-state index is 0.0116. The highest BCUT2D eigenvalue weighted by Crippen LogP contribution is 2.24. The number of hydrogen-bond donors (Lipinski definition) is 1. The van der Waals surface area contributed by atoms with Crippen LogP contribution in [-0.2, 0) is 11.4 Å². The van der Waals surface area contributed by atoms with Gasteiger partial charge in [-0.1, -0.05) is 42.3 Å². The molecule has 0 radical (unpaired) electrons. The van der Waals surface area contributed by atoms with Crippen LogP contribution in [0.5, 0.6) is 11.5 Å². The molecule has 0 aliphatic carbocycles. The van der Waals surface area contributed by atoms with Gasteiger partial charge in [0.15, 0.2) is 0 Å². The third-order valence-corrected chi connectivity index (χ3v) is 5.15. The minimum atomic E-state index is -0.492. The van der Waals surface area contributed by atoms with Gasteiger partial charge in [0.25, 0.3) is 5.91 Å². The molecule has 0 aliphatic rings. The molecule has 0 atom stereocenters. The van der Waals surface area contributed by atoms with Crippen LogP contribution in [0.2, 0.25) is 0 Å². The van der Waals surface area contributed by atoms with Gasteiger partial charge in [-0.25, -0.2) is 0 Å². The van der Waals surface area contributed by atoms with Crippen LogP contribution in [0, 0.1) is 27.2 Å². The van der Waals surface area contributed by atoms with Crippen LogP contribution in [-0.4, -0.2) is 12.5 Å². The summed E-state index contributed by atoms with van der Waals surface area (Å²) in [5.41, 5.74) is 2.33. The molecule has 0 saturated carbocycles. The van der Waals surface area contributed by atoms with Crippen molar-refractivity contribution in [2.45, 2.75) is 6.61 Å². The largest absolute Gasteiger partial charge is 0.489 e. The Labute approximate surface area is 200 Å². The first-order valence-electron chi connectivity index (χ1n) is 9.65. The van der Waals surface area contributed by atoms with E-state index in [4.69, 9.17) is 15.9 Å². The van der Waals surface area contributed by atoms with Gasteiger partial charge in [0.05, 0.1) is 3.57 Å². The zero-order valence-corrected chi connectivity index (χ0v) is 19.2. The molecule has 32 heavy (non-hydrogen) atoms. The number of nitriles is 1. The quantitative estimate of drug-likeness (QED) is 0.181. The lowest BCUT2D eigenvalue weighted by Crippen LogP contribution is -2.13. The van der Waals surface area contributed by atoms with Gasteiger partial charge in [-0.15, -0.1) is 6.42 Å². The molecule has 1 amide bonds. The van der Waals surface area contributed by atoms with E-state index < -0.39 is 5.91 Å². The number of halogens is 1. The smallest absolute Gasteiger partial charge is 0.266 e. The van der Waals surface area contributed by atoms with E-state index in [9.17, 15) is 10.1 Å². The van der Waals surface area contributed by atoms with Gasteiger partial charge >= 0.3 is 0 Å². The van der Waals surface area contributed by atoms with Crippen LogP contribution in [0.1, 0.15) is 11.1 Å². The summed E-state index contributed by atoms with van der Waals surface area (Å²) in [4.78, 5) is 12.6. The molecule has 158 valence electrons. The Morgan fingerprint density at radius 1 is 1.06 bits per heavy atom. The molecule has 3 rings (SSSR count). The number of terminal acetylenes is 1. The predicted octanol–water partition coefficient (Wildman–Crippen LogP) is 5.43. The fourth-order valence-electron chi connectivity index (χ4n) is 2.73. The minimum Gasteiger partial charge on any atom is -0.489 e. The topological polar surface area (TPSA) is 71.3 Å². The Hall–Kier alpha value is -3.75. The van der Waals surface area contributed by atoms with Crippen molar-refractivity contribution in [1.29, 1.82) is 5.26 Å². The maximum atomic E-state index is 12.6. The van der Waals surface area contributed by atoms with Crippen LogP contribution in [0.25, 0.3) is 6.08 Å². The Kier molecular flexibility index (Phi) is 8.30. The van der Waals surface area contributed by atoms with Gasteiger partial charge in [-0.05, 0) is 76.2 Å². The number of carbonyl (C=O) groups excluding carboxylic acids is 1. The van der Waals surface area contributed by atoms with E-state index in [1.807, 2.05) is 42.5 Å². The molecule has 0 fully saturated rings. The van der Waals surface area contributed by atoms with Crippen molar-refractivity contribution >= 4 is 40.3 Å². The molecular weight excluding hydrogens is 515 g/mol. The van der Waals surface area contributed by atoms with E-state index in [0.717, 1.165) is 9.13 Å². The summed E-state index contributed by atoms with van der Waals surface area (Å²) in [7, 11) is 0. The van der Waals surface area contributed by atoms with Crippen molar-refractivity contribution < 1.29 is 14.3 Å². The van der Waals surface area contributed by atoms with Crippen LogP contribution >= 0.6 is 22.6 Å². The molecule has 0 saturated heterocycles. The standard InChI is InChI=1S/C26H19IN2O3/c1-2-14-31-25-13-8-20(16-24(25)27)15-21(17-28)26(30)29-22-9-11-23(12-10-22)32-18-19-6-4-3-5-7-19/h1,3-13,15-16H,14,18H2,(H,29,30)/b21-15+. The first-order valence-corrected chi connectivity index (χ1v) is 10.7. The molecule has 0 heterocycles. The van der Waals surface area contributed by atoms with Gasteiger partial charge in [-0.3, -0.25) is 4.79 Å². The molecule has 0 aromatic heterocycles. The molecule has 5 nitrogen and oxygen atoms in total. The summed E-state index contributed by atoms with van der Waals surface area (Å²) < 4.78 is 12.0.